The van der Waals surface area contributed by atoms with E-state index in [9.17, 15) is 32.7 Å². The van der Waals surface area contributed by atoms with Gasteiger partial charge in [-0.25, -0.2) is 8.42 Å². The van der Waals surface area contributed by atoms with Crippen molar-refractivity contribution < 1.29 is 32.7 Å². The van der Waals surface area contributed by atoms with Crippen molar-refractivity contribution in [3.05, 3.63) is 65.7 Å². The lowest BCUT2D eigenvalue weighted by atomic mass is 9.83. The molecule has 4 rings (SSSR count). The Bertz CT molecular complexity index is 1640. The maximum absolute atomic E-state index is 14.5. The van der Waals surface area contributed by atoms with Crippen LogP contribution in [0.2, 0.25) is 0 Å². The molecular formula is C41H60N4O7S. The first-order valence-electron chi connectivity index (χ1n) is 19.4. The third kappa shape index (κ3) is 12.2. The Hall–Kier alpha value is -3.61. The van der Waals surface area contributed by atoms with Gasteiger partial charge in [-0.2, -0.15) is 0 Å². The summed E-state index contributed by atoms with van der Waals surface area (Å²) in [6.45, 7) is 8.21. The number of sulfone groups is 1. The topological polar surface area (TPSA) is 176 Å². The lowest BCUT2D eigenvalue weighted by molar-refractivity contribution is -0.154. The zero-order chi connectivity index (χ0) is 38.7. The smallest absolute Gasteiger partial charge is 0.247 e. The molecule has 0 saturated heterocycles. The van der Waals surface area contributed by atoms with Crippen LogP contribution in [0.25, 0.3) is 0 Å². The normalized spacial score (nSPS) is 19.2. The highest BCUT2D eigenvalue weighted by molar-refractivity contribution is 7.91. The molecule has 5 atom stereocenters. The van der Waals surface area contributed by atoms with E-state index in [1.165, 1.54) is 0 Å². The molecule has 1 fully saturated rings. The van der Waals surface area contributed by atoms with E-state index in [4.69, 9.17) is 5.73 Å². The highest BCUT2D eigenvalue weighted by Crippen LogP contribution is 2.37. The van der Waals surface area contributed by atoms with E-state index >= 15 is 0 Å². The molecule has 11 nitrogen and oxygen atoms in total. The van der Waals surface area contributed by atoms with Crippen LogP contribution >= 0.6 is 0 Å². The molecule has 2 aromatic rings. The molecule has 0 spiro atoms. The third-order valence-electron chi connectivity index (χ3n) is 10.5. The minimum atomic E-state index is -3.51. The molecule has 292 valence electrons. The van der Waals surface area contributed by atoms with Crippen LogP contribution in [0, 0.1) is 17.8 Å². The molecule has 1 unspecified atom stereocenters. The minimum absolute atomic E-state index is 0.116. The zero-order valence-corrected chi connectivity index (χ0v) is 32.7. The number of carbonyl (C=O) groups is 4. The van der Waals surface area contributed by atoms with Crippen LogP contribution in [0.4, 0.5) is 0 Å². The van der Waals surface area contributed by atoms with Crippen molar-refractivity contribution in [3.8, 4) is 0 Å². The monoisotopic (exact) mass is 752 g/mol. The number of nitrogens with one attached hydrogen (secondary N) is 2. The number of carbonyl (C=O) groups excluding carboxylic acids is 4. The summed E-state index contributed by atoms with van der Waals surface area (Å²) in [7, 11) is -3.51. The van der Waals surface area contributed by atoms with E-state index in [-0.39, 0.29) is 66.4 Å². The molecule has 5 N–H and O–H groups in total. The number of amides is 4. The molecule has 53 heavy (non-hydrogen) atoms. The average molecular weight is 753 g/mol. The summed E-state index contributed by atoms with van der Waals surface area (Å²) in [5.41, 5.74) is 7.95. The summed E-state index contributed by atoms with van der Waals surface area (Å²) < 4.78 is 25.8. The molecule has 1 saturated carbocycles. The van der Waals surface area contributed by atoms with Gasteiger partial charge in [-0.3, -0.25) is 24.1 Å². The van der Waals surface area contributed by atoms with Crippen molar-refractivity contribution in [1.82, 2.24) is 15.5 Å². The van der Waals surface area contributed by atoms with Crippen molar-refractivity contribution in [3.63, 3.8) is 0 Å². The lowest BCUT2D eigenvalue weighted by Gasteiger charge is -2.35. The van der Waals surface area contributed by atoms with Gasteiger partial charge in [-0.1, -0.05) is 108 Å². The number of hydrogen-bond acceptors (Lipinski definition) is 8. The number of nitrogens with two attached hydrogens (primary N) is 1. The number of hydrogen-bond donors (Lipinski definition) is 4. The summed E-state index contributed by atoms with van der Waals surface area (Å²) in [6.07, 6.45) is 4.48. The zero-order valence-electron chi connectivity index (χ0n) is 31.8. The van der Waals surface area contributed by atoms with Crippen molar-refractivity contribution in [2.45, 2.75) is 133 Å². The van der Waals surface area contributed by atoms with Crippen molar-refractivity contribution in [2.75, 3.05) is 12.3 Å². The van der Waals surface area contributed by atoms with Crippen molar-refractivity contribution >= 4 is 33.5 Å². The molecule has 1 aliphatic carbocycles. The van der Waals surface area contributed by atoms with Crippen LogP contribution in [-0.4, -0.2) is 78.6 Å². The number of aliphatic hydroxyl groups excluding tert-OH is 1. The van der Waals surface area contributed by atoms with E-state index in [0.29, 0.717) is 18.5 Å². The molecule has 4 amide bonds. The van der Waals surface area contributed by atoms with Crippen molar-refractivity contribution in [2.24, 2.45) is 23.5 Å². The Balaban J connectivity index is 1.62. The molecule has 0 bridgehead atoms. The SMILES string of the molecule is CC(C)CNC(=O)C[C@H](O)[C@H](CC1CCCCC1)NC(=O)[C@H](CC(C)C)N(C(=O)CCC1CS(=O)(=O)c2ccccc21)C(=O)[C@@H](N)Cc1ccccc1. The van der Waals surface area contributed by atoms with E-state index < -0.39 is 57.7 Å². The highest BCUT2D eigenvalue weighted by atomic mass is 32.2. The molecular weight excluding hydrogens is 693 g/mol. The predicted molar refractivity (Wildman–Crippen MR) is 205 cm³/mol. The van der Waals surface area contributed by atoms with Gasteiger partial charge in [-0.15, -0.1) is 0 Å². The number of fused-ring (bicyclic) bond motifs is 1. The second-order valence-corrected chi connectivity index (χ2v) is 17.9. The molecule has 2 aliphatic rings. The standard InChI is InChI=1S/C41H60N4O7S/c1-27(2)21-35(40(49)44-34(23-30-15-9-6-10-16-30)36(46)24-38(47)43-25-28(3)4)45(41(50)33(42)22-29-13-7-5-8-14-29)39(48)20-19-31-26-53(51,52)37-18-12-11-17-32(31)37/h5,7-8,11-14,17-18,27-28,30-31,33-36,46H,6,9-10,15-16,19-26,42H2,1-4H3,(H,43,47)(H,44,49)/t31?,33-,34-,35-,36-/m0/s1. The molecule has 0 radical (unpaired) electrons. The third-order valence-corrected chi connectivity index (χ3v) is 12.3. The Labute approximate surface area is 315 Å². The van der Waals surface area contributed by atoms with Crippen LogP contribution in [-0.2, 0) is 35.4 Å². The van der Waals surface area contributed by atoms with Gasteiger partial charge in [0.05, 0.1) is 35.3 Å². The maximum atomic E-state index is 14.5. The Kier molecular flexibility index (Phi) is 15.6. The van der Waals surface area contributed by atoms with Gasteiger partial charge >= 0.3 is 0 Å². The number of nitrogens with zero attached hydrogens (tertiary/aromatic N) is 1. The van der Waals surface area contributed by atoms with Gasteiger partial charge in [0, 0.05) is 13.0 Å². The Morgan fingerprint density at radius 2 is 1.58 bits per heavy atom. The highest BCUT2D eigenvalue weighted by Gasteiger charge is 2.40. The van der Waals surface area contributed by atoms with Crippen LogP contribution in [0.15, 0.2) is 59.5 Å². The maximum Gasteiger partial charge on any atom is 0.247 e. The first-order chi connectivity index (χ1) is 25.2. The van der Waals surface area contributed by atoms with Gasteiger partial charge in [0.15, 0.2) is 9.84 Å². The average Bonchev–Trinajstić information content (AvgIpc) is 3.39. The fraction of sp³-hybridized carbons (Fsp3) is 0.610. The van der Waals surface area contributed by atoms with E-state index in [0.717, 1.165) is 42.6 Å². The van der Waals surface area contributed by atoms with E-state index in [1.54, 1.807) is 24.3 Å². The first-order valence-corrected chi connectivity index (χ1v) is 21.0. The molecule has 1 heterocycles. The number of rotatable bonds is 18. The van der Waals surface area contributed by atoms with Gasteiger partial charge < -0.3 is 21.5 Å². The molecule has 12 heteroatoms. The minimum Gasteiger partial charge on any atom is -0.390 e. The largest absolute Gasteiger partial charge is 0.390 e. The van der Waals surface area contributed by atoms with Crippen LogP contribution in [0.1, 0.15) is 109 Å². The quantitative estimate of drug-likeness (QED) is 0.170. The Morgan fingerprint density at radius 3 is 2.25 bits per heavy atom. The lowest BCUT2D eigenvalue weighted by Crippen LogP contribution is -2.59. The van der Waals surface area contributed by atoms with Gasteiger partial charge in [-0.05, 0) is 66.5 Å². The van der Waals surface area contributed by atoms with Crippen LogP contribution in [0.5, 0.6) is 0 Å². The fourth-order valence-corrected chi connectivity index (χ4v) is 9.59. The van der Waals surface area contributed by atoms with Crippen LogP contribution in [0.3, 0.4) is 0 Å². The summed E-state index contributed by atoms with van der Waals surface area (Å²) in [4.78, 5) is 57.2. The second kappa shape index (κ2) is 19.6. The van der Waals surface area contributed by atoms with E-state index in [1.807, 2.05) is 58.0 Å². The molecule has 2 aromatic carbocycles. The van der Waals surface area contributed by atoms with Gasteiger partial charge in [0.25, 0.3) is 0 Å². The summed E-state index contributed by atoms with van der Waals surface area (Å²) >= 11 is 0. The van der Waals surface area contributed by atoms with Gasteiger partial charge in [0.2, 0.25) is 23.6 Å². The van der Waals surface area contributed by atoms with Crippen LogP contribution < -0.4 is 16.4 Å². The first kappa shape index (κ1) is 42.1. The number of aliphatic hydroxyl groups is 1. The summed E-state index contributed by atoms with van der Waals surface area (Å²) in [6, 6.07) is 12.8. The summed E-state index contributed by atoms with van der Waals surface area (Å²) in [5, 5.41) is 17.3. The summed E-state index contributed by atoms with van der Waals surface area (Å²) in [5.74, 6) is -2.44. The van der Waals surface area contributed by atoms with Gasteiger partial charge in [0.1, 0.15) is 6.04 Å². The Morgan fingerprint density at radius 1 is 0.925 bits per heavy atom. The molecule has 0 aromatic heterocycles. The number of benzene rings is 2. The molecule has 1 aliphatic heterocycles. The number of imide groups is 1. The fourth-order valence-electron chi connectivity index (χ4n) is 7.66. The predicted octanol–water partition coefficient (Wildman–Crippen LogP) is 4.66. The second-order valence-electron chi connectivity index (χ2n) is 15.9. The van der Waals surface area contributed by atoms with Crippen molar-refractivity contribution in [1.29, 1.82) is 0 Å². The van der Waals surface area contributed by atoms with E-state index in [2.05, 4.69) is 10.6 Å².